The van der Waals surface area contributed by atoms with Gasteiger partial charge in [0.1, 0.15) is 15.1 Å². The van der Waals surface area contributed by atoms with Crippen molar-refractivity contribution in [1.29, 1.82) is 0 Å². The molecule has 5 nitrogen and oxygen atoms in total. The molecule has 0 unspecified atom stereocenters. The number of carbonyl (C=O) groups excluding carboxylic acids is 1. The van der Waals surface area contributed by atoms with E-state index in [-0.39, 0.29) is 6.03 Å². The molecule has 0 aromatic carbocycles. The summed E-state index contributed by atoms with van der Waals surface area (Å²) in [7, 11) is 1.58. The van der Waals surface area contributed by atoms with Crippen LogP contribution >= 0.6 is 22.6 Å². The number of likely N-dealkylation sites (tertiary alicyclic amines) is 1. The van der Waals surface area contributed by atoms with Crippen LogP contribution in [0.2, 0.25) is 0 Å². The summed E-state index contributed by atoms with van der Waals surface area (Å²) in [6.07, 6.45) is 3.78. The molecule has 1 aliphatic rings. The van der Waals surface area contributed by atoms with Crippen molar-refractivity contribution in [2.45, 2.75) is 12.8 Å². The minimum absolute atomic E-state index is 0.0798. The molecule has 0 aliphatic carbocycles. The van der Waals surface area contributed by atoms with Gasteiger partial charge >= 0.3 is 6.03 Å². The number of ether oxygens (including phenoxy) is 1. The molecule has 0 bridgehead atoms. The maximum Gasteiger partial charge on any atom is 0.321 e. The second-order valence-corrected chi connectivity index (χ2v) is 4.94. The van der Waals surface area contributed by atoms with Crippen molar-refractivity contribution >= 4 is 34.3 Å². The number of nitrogens with one attached hydrogen (secondary N) is 1. The molecule has 1 aromatic rings. The summed E-state index contributed by atoms with van der Waals surface area (Å²) in [4.78, 5) is 17.8. The third kappa shape index (κ3) is 2.99. The normalized spacial score (nSPS) is 14.8. The number of pyridine rings is 1. The number of urea groups is 1. The van der Waals surface area contributed by atoms with Crippen molar-refractivity contribution in [2.24, 2.45) is 0 Å². The molecule has 1 saturated heterocycles. The van der Waals surface area contributed by atoms with Gasteiger partial charge in [0.05, 0.1) is 13.3 Å². The van der Waals surface area contributed by atoms with Gasteiger partial charge in [0, 0.05) is 19.2 Å². The van der Waals surface area contributed by atoms with Crippen molar-refractivity contribution in [3.8, 4) is 5.75 Å². The summed E-state index contributed by atoms with van der Waals surface area (Å²) >= 11 is 2.10. The Hall–Kier alpha value is -1.05. The summed E-state index contributed by atoms with van der Waals surface area (Å²) in [6, 6.07) is 1.71. The Morgan fingerprint density at radius 1 is 1.53 bits per heavy atom. The molecule has 1 N–H and O–H groups in total. The van der Waals surface area contributed by atoms with E-state index in [1.807, 2.05) is 0 Å². The van der Waals surface area contributed by atoms with Gasteiger partial charge in [0.15, 0.2) is 0 Å². The lowest BCUT2D eigenvalue weighted by Gasteiger charge is -2.17. The van der Waals surface area contributed by atoms with Gasteiger partial charge in [0.25, 0.3) is 0 Å². The third-order valence-electron chi connectivity index (χ3n) is 2.69. The molecule has 0 spiro atoms. The largest absolute Gasteiger partial charge is 0.494 e. The second-order valence-electron chi connectivity index (χ2n) is 3.83. The number of halogens is 1. The molecule has 0 saturated carbocycles. The quantitative estimate of drug-likeness (QED) is 0.660. The van der Waals surface area contributed by atoms with Crippen molar-refractivity contribution in [2.75, 3.05) is 25.5 Å². The van der Waals surface area contributed by atoms with E-state index in [9.17, 15) is 4.79 Å². The van der Waals surface area contributed by atoms with Crippen molar-refractivity contribution in [3.05, 3.63) is 16.0 Å². The highest BCUT2D eigenvalue weighted by molar-refractivity contribution is 14.1. The van der Waals surface area contributed by atoms with Crippen molar-refractivity contribution in [3.63, 3.8) is 0 Å². The SMILES string of the molecule is COc1cc(I)ncc1NC(=O)N1CCCC1. The maximum absolute atomic E-state index is 11.9. The number of hydrogen-bond acceptors (Lipinski definition) is 3. The zero-order chi connectivity index (χ0) is 12.3. The molecule has 2 rings (SSSR count). The Morgan fingerprint density at radius 2 is 2.24 bits per heavy atom. The van der Waals surface area contributed by atoms with Crippen molar-refractivity contribution in [1.82, 2.24) is 9.88 Å². The van der Waals surface area contributed by atoms with Gasteiger partial charge in [-0.2, -0.15) is 0 Å². The molecule has 0 radical (unpaired) electrons. The lowest BCUT2D eigenvalue weighted by Crippen LogP contribution is -2.32. The van der Waals surface area contributed by atoms with E-state index >= 15 is 0 Å². The first-order chi connectivity index (χ1) is 8.20. The molecule has 17 heavy (non-hydrogen) atoms. The van der Waals surface area contributed by atoms with Crippen LogP contribution < -0.4 is 10.1 Å². The fourth-order valence-corrected chi connectivity index (χ4v) is 2.21. The van der Waals surface area contributed by atoms with Crippen LogP contribution in [0.1, 0.15) is 12.8 Å². The lowest BCUT2D eigenvalue weighted by molar-refractivity contribution is 0.222. The molecule has 6 heteroatoms. The average Bonchev–Trinajstić information content (AvgIpc) is 2.85. The lowest BCUT2D eigenvalue weighted by atomic mass is 10.4. The number of nitrogens with zero attached hydrogens (tertiary/aromatic N) is 2. The van der Waals surface area contributed by atoms with Crippen LogP contribution in [0.25, 0.3) is 0 Å². The molecule has 1 aliphatic heterocycles. The predicted octanol–water partition coefficient (Wildman–Crippen LogP) is 2.32. The van der Waals surface area contributed by atoms with Gasteiger partial charge in [-0.3, -0.25) is 0 Å². The Labute approximate surface area is 114 Å². The van der Waals surface area contributed by atoms with Crippen LogP contribution in [0.4, 0.5) is 10.5 Å². The number of rotatable bonds is 2. The van der Waals surface area contributed by atoms with E-state index in [2.05, 4.69) is 32.9 Å². The van der Waals surface area contributed by atoms with Gasteiger partial charge in [-0.15, -0.1) is 0 Å². The van der Waals surface area contributed by atoms with Crippen molar-refractivity contribution < 1.29 is 9.53 Å². The molecular weight excluding hydrogens is 333 g/mol. The van der Waals surface area contributed by atoms with Crippen LogP contribution in [-0.2, 0) is 0 Å². The smallest absolute Gasteiger partial charge is 0.321 e. The van der Waals surface area contributed by atoms with Gasteiger partial charge in [-0.25, -0.2) is 9.78 Å². The highest BCUT2D eigenvalue weighted by Crippen LogP contribution is 2.25. The van der Waals surface area contributed by atoms with Gasteiger partial charge < -0.3 is 15.0 Å². The molecule has 2 amide bonds. The minimum Gasteiger partial charge on any atom is -0.494 e. The van der Waals surface area contributed by atoms with Crippen LogP contribution in [0.15, 0.2) is 12.3 Å². The maximum atomic E-state index is 11.9. The first-order valence-corrected chi connectivity index (χ1v) is 6.54. The van der Waals surface area contributed by atoms with Crippen LogP contribution in [0, 0.1) is 3.70 Å². The Bertz CT molecular complexity index is 419. The first kappa shape index (κ1) is 12.4. The molecule has 2 heterocycles. The van der Waals surface area contributed by atoms with E-state index in [1.54, 1.807) is 24.3 Å². The van der Waals surface area contributed by atoms with Crippen LogP contribution in [0.5, 0.6) is 5.75 Å². The number of amides is 2. The highest BCUT2D eigenvalue weighted by atomic mass is 127. The monoisotopic (exact) mass is 347 g/mol. The Balaban J connectivity index is 2.09. The van der Waals surface area contributed by atoms with Crippen LogP contribution in [0.3, 0.4) is 0 Å². The number of anilines is 1. The molecule has 1 fully saturated rings. The fourth-order valence-electron chi connectivity index (χ4n) is 1.79. The Kier molecular flexibility index (Phi) is 4.03. The summed E-state index contributed by atoms with van der Waals surface area (Å²) in [6.45, 7) is 1.65. The molecule has 1 aromatic heterocycles. The minimum atomic E-state index is -0.0798. The second kappa shape index (κ2) is 5.52. The van der Waals surface area contributed by atoms with Gasteiger partial charge in [-0.1, -0.05) is 0 Å². The predicted molar refractivity (Wildman–Crippen MR) is 73.3 cm³/mol. The summed E-state index contributed by atoms with van der Waals surface area (Å²) in [5, 5.41) is 2.83. The molecular formula is C11H14IN3O2. The number of methoxy groups -OCH3 is 1. The Morgan fingerprint density at radius 3 is 2.88 bits per heavy atom. The average molecular weight is 347 g/mol. The first-order valence-electron chi connectivity index (χ1n) is 5.46. The fraction of sp³-hybridized carbons (Fsp3) is 0.455. The van der Waals surface area contributed by atoms with E-state index in [0.29, 0.717) is 11.4 Å². The number of aromatic nitrogens is 1. The van der Waals surface area contributed by atoms with E-state index < -0.39 is 0 Å². The molecule has 0 atom stereocenters. The highest BCUT2D eigenvalue weighted by Gasteiger charge is 2.19. The summed E-state index contributed by atoms with van der Waals surface area (Å²) < 4.78 is 6.04. The summed E-state index contributed by atoms with van der Waals surface area (Å²) in [5.74, 6) is 0.636. The van der Waals surface area contributed by atoms with E-state index in [4.69, 9.17) is 4.74 Å². The molecule has 92 valence electrons. The number of hydrogen-bond donors (Lipinski definition) is 1. The zero-order valence-electron chi connectivity index (χ0n) is 9.57. The standard InChI is InChI=1S/C11H14IN3O2/c1-17-9-6-10(12)13-7-8(9)14-11(16)15-4-2-3-5-15/h6-7H,2-5H2,1H3,(H,14,16). The van der Waals surface area contributed by atoms with E-state index in [0.717, 1.165) is 29.6 Å². The van der Waals surface area contributed by atoms with Crippen LogP contribution in [-0.4, -0.2) is 36.1 Å². The third-order valence-corrected chi connectivity index (χ3v) is 3.28. The number of carbonyl (C=O) groups is 1. The summed E-state index contributed by atoms with van der Waals surface area (Å²) in [5.41, 5.74) is 0.616. The topological polar surface area (TPSA) is 54.5 Å². The van der Waals surface area contributed by atoms with E-state index in [1.165, 1.54) is 0 Å². The van der Waals surface area contributed by atoms with Gasteiger partial charge in [0.2, 0.25) is 0 Å². The van der Waals surface area contributed by atoms with Gasteiger partial charge in [-0.05, 0) is 35.4 Å². The zero-order valence-corrected chi connectivity index (χ0v) is 11.7.